The summed E-state index contributed by atoms with van der Waals surface area (Å²) >= 11 is 0. The van der Waals surface area contributed by atoms with Gasteiger partial charge in [-0.15, -0.1) is 0 Å². The Morgan fingerprint density at radius 2 is 1.95 bits per heavy atom. The monoisotopic (exact) mass is 266 g/mol. The van der Waals surface area contributed by atoms with E-state index >= 15 is 0 Å². The molecule has 0 saturated carbocycles. The van der Waals surface area contributed by atoms with Crippen LogP contribution in [0.25, 0.3) is 6.08 Å². The van der Waals surface area contributed by atoms with Gasteiger partial charge in [0.25, 0.3) is 0 Å². The van der Waals surface area contributed by atoms with Crippen LogP contribution in [-0.2, 0) is 9.53 Å². The molecule has 104 valence electrons. The Kier molecular flexibility index (Phi) is 5.10. The summed E-state index contributed by atoms with van der Waals surface area (Å²) in [6.07, 6.45) is 3.30. The normalized spacial score (nSPS) is 12.7. The van der Waals surface area contributed by atoms with Crippen molar-refractivity contribution in [1.29, 1.82) is 0 Å². The van der Waals surface area contributed by atoms with Gasteiger partial charge in [0.05, 0.1) is 6.61 Å². The minimum absolute atomic E-state index is 0.155. The quantitative estimate of drug-likeness (QED) is 0.469. The molecule has 0 spiro atoms. The third-order valence-corrected chi connectivity index (χ3v) is 2.92. The molecule has 0 bridgehead atoms. The first-order chi connectivity index (χ1) is 8.88. The Morgan fingerprint density at radius 3 is 2.42 bits per heavy atom. The number of hydrogen-bond acceptors (Lipinski definition) is 3. The molecule has 0 aliphatic carbocycles. The second kappa shape index (κ2) is 6.36. The molecule has 1 aromatic rings. The topological polar surface area (TPSA) is 39.4 Å². The van der Waals surface area contributed by atoms with Crippen molar-refractivity contribution in [3.63, 3.8) is 0 Å². The highest BCUT2D eigenvalue weighted by atomic mass is 19.1. The molecule has 0 atom stereocenters. The summed E-state index contributed by atoms with van der Waals surface area (Å²) in [5, 5.41) is 0. The van der Waals surface area contributed by atoms with Gasteiger partial charge in [0.15, 0.2) is 0 Å². The summed E-state index contributed by atoms with van der Waals surface area (Å²) in [6.45, 7) is 8.98. The maximum Gasteiger partial charge on any atom is 0.367 e. The summed E-state index contributed by atoms with van der Waals surface area (Å²) in [7, 11) is 0. The van der Waals surface area contributed by atoms with E-state index < -0.39 is 11.8 Å². The first-order valence-electron chi connectivity index (χ1n) is 6.16. The van der Waals surface area contributed by atoms with Gasteiger partial charge in [-0.25, -0.2) is 4.79 Å². The molecular formula is C15H19FO3. The lowest BCUT2D eigenvalue weighted by molar-refractivity contribution is -0.140. The van der Waals surface area contributed by atoms with E-state index in [1.165, 1.54) is 6.92 Å². The molecule has 1 aromatic heterocycles. The SMILES string of the molecule is CCOC(=O)/C(F)=C(C)/C=C/c1c(C)oc(C)c1C. The highest BCUT2D eigenvalue weighted by Crippen LogP contribution is 2.23. The van der Waals surface area contributed by atoms with Crippen LogP contribution < -0.4 is 0 Å². The van der Waals surface area contributed by atoms with Crippen molar-refractivity contribution in [2.75, 3.05) is 6.61 Å². The smallest absolute Gasteiger partial charge is 0.367 e. The van der Waals surface area contributed by atoms with Crippen molar-refractivity contribution in [2.24, 2.45) is 0 Å². The Bertz CT molecular complexity index is 536. The van der Waals surface area contributed by atoms with Gasteiger partial charge in [0.2, 0.25) is 5.83 Å². The van der Waals surface area contributed by atoms with Crippen molar-refractivity contribution in [3.8, 4) is 0 Å². The fourth-order valence-corrected chi connectivity index (χ4v) is 1.69. The molecule has 3 nitrogen and oxygen atoms in total. The zero-order valence-corrected chi connectivity index (χ0v) is 12.0. The van der Waals surface area contributed by atoms with Gasteiger partial charge >= 0.3 is 5.97 Å². The summed E-state index contributed by atoms with van der Waals surface area (Å²) in [4.78, 5) is 11.2. The van der Waals surface area contributed by atoms with Crippen LogP contribution in [0.4, 0.5) is 4.39 Å². The molecule has 4 heteroatoms. The molecule has 1 heterocycles. The Morgan fingerprint density at radius 1 is 1.32 bits per heavy atom. The van der Waals surface area contributed by atoms with Crippen molar-refractivity contribution in [1.82, 2.24) is 0 Å². The van der Waals surface area contributed by atoms with Crippen molar-refractivity contribution < 1.29 is 18.3 Å². The van der Waals surface area contributed by atoms with Crippen molar-refractivity contribution in [2.45, 2.75) is 34.6 Å². The molecule has 0 aliphatic heterocycles. The van der Waals surface area contributed by atoms with Crippen molar-refractivity contribution >= 4 is 12.0 Å². The van der Waals surface area contributed by atoms with Gasteiger partial charge in [-0.1, -0.05) is 12.2 Å². The number of furan rings is 1. The van der Waals surface area contributed by atoms with E-state index in [-0.39, 0.29) is 12.2 Å². The molecule has 0 aromatic carbocycles. The van der Waals surface area contributed by atoms with Crippen LogP contribution in [0.1, 0.15) is 36.5 Å². The van der Waals surface area contributed by atoms with Gasteiger partial charge in [-0.05, 0) is 45.8 Å². The minimum Gasteiger partial charge on any atom is -0.466 e. The van der Waals surface area contributed by atoms with Crippen LogP contribution in [-0.4, -0.2) is 12.6 Å². The molecule has 0 saturated heterocycles. The molecule has 1 rings (SSSR count). The van der Waals surface area contributed by atoms with Gasteiger partial charge in [0.1, 0.15) is 11.5 Å². The second-order valence-electron chi connectivity index (χ2n) is 4.30. The van der Waals surface area contributed by atoms with Crippen LogP contribution >= 0.6 is 0 Å². The van der Waals surface area contributed by atoms with E-state index in [1.807, 2.05) is 20.8 Å². The number of ether oxygens (including phenoxy) is 1. The summed E-state index contributed by atoms with van der Waals surface area (Å²) in [6, 6.07) is 0. The fraction of sp³-hybridized carbons (Fsp3) is 0.400. The molecule has 19 heavy (non-hydrogen) atoms. The number of aryl methyl sites for hydroxylation is 2. The molecule has 0 aliphatic rings. The Hall–Kier alpha value is -1.84. The lowest BCUT2D eigenvalue weighted by Gasteiger charge is -2.00. The predicted molar refractivity (Wildman–Crippen MR) is 72.4 cm³/mol. The van der Waals surface area contributed by atoms with Crippen LogP contribution in [0.2, 0.25) is 0 Å². The number of esters is 1. The van der Waals surface area contributed by atoms with Crippen molar-refractivity contribution in [3.05, 3.63) is 40.1 Å². The van der Waals surface area contributed by atoms with Gasteiger partial charge in [-0.3, -0.25) is 0 Å². The van der Waals surface area contributed by atoms with Gasteiger partial charge < -0.3 is 9.15 Å². The van der Waals surface area contributed by atoms with E-state index in [4.69, 9.17) is 4.42 Å². The van der Waals surface area contributed by atoms with Gasteiger partial charge in [-0.2, -0.15) is 4.39 Å². The maximum atomic E-state index is 13.6. The lowest BCUT2D eigenvalue weighted by atomic mass is 10.1. The van der Waals surface area contributed by atoms with Crippen LogP contribution in [0.5, 0.6) is 0 Å². The third-order valence-electron chi connectivity index (χ3n) is 2.92. The number of allylic oxidation sites excluding steroid dienone is 2. The maximum absolute atomic E-state index is 13.6. The van der Waals surface area contributed by atoms with E-state index in [9.17, 15) is 9.18 Å². The number of carbonyl (C=O) groups excluding carboxylic acids is 1. The summed E-state index contributed by atoms with van der Waals surface area (Å²) in [5.74, 6) is -0.185. The Balaban J connectivity index is 2.98. The number of halogens is 1. The fourth-order valence-electron chi connectivity index (χ4n) is 1.69. The number of rotatable bonds is 4. The zero-order valence-electron chi connectivity index (χ0n) is 12.0. The highest BCUT2D eigenvalue weighted by Gasteiger charge is 2.12. The molecule has 0 amide bonds. The highest BCUT2D eigenvalue weighted by molar-refractivity contribution is 5.87. The van der Waals surface area contributed by atoms with E-state index in [2.05, 4.69) is 4.74 Å². The summed E-state index contributed by atoms with van der Waals surface area (Å²) in [5.41, 5.74) is 2.16. The van der Waals surface area contributed by atoms with Crippen LogP contribution in [0.3, 0.4) is 0 Å². The Labute approximate surface area is 112 Å². The van der Waals surface area contributed by atoms with E-state index in [0.29, 0.717) is 0 Å². The molecular weight excluding hydrogens is 247 g/mol. The molecule has 0 N–H and O–H groups in total. The van der Waals surface area contributed by atoms with E-state index in [0.717, 1.165) is 22.6 Å². The number of carbonyl (C=O) groups is 1. The van der Waals surface area contributed by atoms with Gasteiger partial charge in [0, 0.05) is 5.56 Å². The number of hydrogen-bond donors (Lipinski definition) is 0. The first kappa shape index (κ1) is 15.2. The minimum atomic E-state index is -0.929. The first-order valence-corrected chi connectivity index (χ1v) is 6.16. The molecule has 0 radical (unpaired) electrons. The second-order valence-corrected chi connectivity index (χ2v) is 4.30. The average molecular weight is 266 g/mol. The zero-order chi connectivity index (χ0) is 14.6. The third kappa shape index (κ3) is 3.56. The van der Waals surface area contributed by atoms with E-state index in [1.54, 1.807) is 19.1 Å². The largest absolute Gasteiger partial charge is 0.466 e. The predicted octanol–water partition coefficient (Wildman–Crippen LogP) is 4.02. The van der Waals surface area contributed by atoms with Crippen LogP contribution in [0.15, 0.2) is 21.9 Å². The molecule has 0 unspecified atom stereocenters. The standard InChI is InChI=1S/C15H19FO3/c1-6-18-15(17)14(16)9(2)7-8-13-10(3)11(4)19-12(13)5/h7-8H,6H2,1-5H3/b8-7+,14-9-. The lowest BCUT2D eigenvalue weighted by Crippen LogP contribution is -2.05. The average Bonchev–Trinajstić information content (AvgIpc) is 2.60. The van der Waals surface area contributed by atoms with Crippen LogP contribution in [0, 0.1) is 20.8 Å². The molecule has 0 fully saturated rings. The summed E-state index contributed by atoms with van der Waals surface area (Å²) < 4.78 is 23.7.